The first kappa shape index (κ1) is 15.1. The van der Waals surface area contributed by atoms with Gasteiger partial charge in [-0.15, -0.1) is 0 Å². The molecular weight excluding hydrogens is 271 g/mol. The minimum Gasteiger partial charge on any atom is -0.468 e. The Morgan fingerprint density at radius 2 is 2.19 bits per heavy atom. The molecule has 0 bridgehead atoms. The van der Waals surface area contributed by atoms with E-state index >= 15 is 0 Å². The number of nitrogens with zero attached hydrogens (tertiary/aromatic N) is 1. The Bertz CT molecular complexity index is 619. The zero-order chi connectivity index (χ0) is 15.3. The first-order chi connectivity index (χ1) is 10.1. The highest BCUT2D eigenvalue weighted by molar-refractivity contribution is 5.84. The van der Waals surface area contributed by atoms with Gasteiger partial charge in [0.2, 0.25) is 0 Å². The van der Waals surface area contributed by atoms with Gasteiger partial charge in [-0.3, -0.25) is 9.78 Å². The van der Waals surface area contributed by atoms with Crippen LogP contribution in [0.4, 0.5) is 4.39 Å². The zero-order valence-corrected chi connectivity index (χ0v) is 11.8. The molecule has 0 amide bonds. The van der Waals surface area contributed by atoms with Gasteiger partial charge < -0.3 is 10.5 Å². The number of methoxy groups -OCH3 is 1. The van der Waals surface area contributed by atoms with Crippen molar-refractivity contribution >= 4 is 5.97 Å². The van der Waals surface area contributed by atoms with Crippen LogP contribution in [0.1, 0.15) is 11.1 Å². The van der Waals surface area contributed by atoms with Gasteiger partial charge in [0.25, 0.3) is 0 Å². The highest BCUT2D eigenvalue weighted by Crippen LogP contribution is 2.29. The van der Waals surface area contributed by atoms with Gasteiger partial charge in [0.05, 0.1) is 7.11 Å². The summed E-state index contributed by atoms with van der Waals surface area (Å²) in [6, 6.07) is 9.51. The topological polar surface area (TPSA) is 65.2 Å². The fourth-order valence-corrected chi connectivity index (χ4v) is 2.40. The van der Waals surface area contributed by atoms with Crippen molar-refractivity contribution in [3.05, 3.63) is 65.7 Å². The second-order valence-electron chi connectivity index (χ2n) is 4.83. The molecule has 0 saturated heterocycles. The summed E-state index contributed by atoms with van der Waals surface area (Å²) in [4.78, 5) is 16.4. The minimum atomic E-state index is -1.13. The number of rotatable bonds is 5. The number of carbonyl (C=O) groups is 1. The molecule has 21 heavy (non-hydrogen) atoms. The van der Waals surface area contributed by atoms with Gasteiger partial charge in [-0.05, 0) is 35.7 Å². The van der Waals surface area contributed by atoms with Crippen molar-refractivity contribution in [3.8, 4) is 0 Å². The second kappa shape index (κ2) is 6.45. The number of aromatic nitrogens is 1. The first-order valence-electron chi connectivity index (χ1n) is 6.56. The van der Waals surface area contributed by atoms with Gasteiger partial charge in [-0.25, -0.2) is 4.39 Å². The van der Waals surface area contributed by atoms with Crippen LogP contribution in [0.2, 0.25) is 0 Å². The smallest absolute Gasteiger partial charge is 0.317 e. The molecule has 1 atom stereocenters. The molecule has 0 fully saturated rings. The number of halogens is 1. The second-order valence-corrected chi connectivity index (χ2v) is 4.83. The summed E-state index contributed by atoms with van der Waals surface area (Å²) in [6.07, 6.45) is 3.61. The number of hydrogen-bond acceptors (Lipinski definition) is 4. The fraction of sp³-hybridized carbons (Fsp3) is 0.250. The van der Waals surface area contributed by atoms with Crippen molar-refractivity contribution in [3.63, 3.8) is 0 Å². The predicted octanol–water partition coefficient (Wildman–Crippen LogP) is 1.83. The maximum absolute atomic E-state index is 13.5. The molecule has 0 aliphatic carbocycles. The zero-order valence-electron chi connectivity index (χ0n) is 11.8. The standard InChI is InChI=1S/C16H17FN2O2/c1-21-15(20)16(11-18,9-12-4-3-7-19-10-12)13-5-2-6-14(17)8-13/h2-8,10H,9,11,18H2,1H3. The van der Waals surface area contributed by atoms with E-state index in [9.17, 15) is 9.18 Å². The lowest BCUT2D eigenvalue weighted by atomic mass is 9.75. The minimum absolute atomic E-state index is 0.0119. The van der Waals surface area contributed by atoms with E-state index in [1.54, 1.807) is 30.6 Å². The predicted molar refractivity (Wildman–Crippen MR) is 77.1 cm³/mol. The average Bonchev–Trinajstić information content (AvgIpc) is 2.53. The molecule has 1 unspecified atom stereocenters. The number of esters is 1. The Kier molecular flexibility index (Phi) is 4.65. The van der Waals surface area contributed by atoms with Gasteiger partial charge in [0.1, 0.15) is 11.2 Å². The molecule has 1 aromatic heterocycles. The molecule has 4 nitrogen and oxygen atoms in total. The third kappa shape index (κ3) is 3.08. The van der Waals surface area contributed by atoms with Crippen molar-refractivity contribution in [2.24, 2.45) is 5.73 Å². The molecule has 2 aromatic rings. The summed E-state index contributed by atoms with van der Waals surface area (Å²) >= 11 is 0. The lowest BCUT2D eigenvalue weighted by molar-refractivity contribution is -0.147. The van der Waals surface area contributed by atoms with Crippen molar-refractivity contribution < 1.29 is 13.9 Å². The van der Waals surface area contributed by atoms with E-state index in [2.05, 4.69) is 4.98 Å². The third-order valence-corrected chi connectivity index (χ3v) is 3.53. The van der Waals surface area contributed by atoms with Crippen LogP contribution in [0.5, 0.6) is 0 Å². The highest BCUT2D eigenvalue weighted by Gasteiger charge is 2.40. The summed E-state index contributed by atoms with van der Waals surface area (Å²) in [6.45, 7) is 0.0119. The molecule has 0 aliphatic rings. The highest BCUT2D eigenvalue weighted by atomic mass is 19.1. The summed E-state index contributed by atoms with van der Waals surface area (Å²) < 4.78 is 18.4. The number of benzene rings is 1. The lowest BCUT2D eigenvalue weighted by Crippen LogP contribution is -2.45. The molecule has 0 aliphatic heterocycles. The van der Waals surface area contributed by atoms with Crippen LogP contribution in [0.25, 0.3) is 0 Å². The van der Waals surface area contributed by atoms with Crippen LogP contribution in [-0.2, 0) is 21.4 Å². The average molecular weight is 288 g/mol. The van der Waals surface area contributed by atoms with Crippen LogP contribution < -0.4 is 5.73 Å². The van der Waals surface area contributed by atoms with Crippen molar-refractivity contribution in [2.75, 3.05) is 13.7 Å². The summed E-state index contributed by atoms with van der Waals surface area (Å²) in [5.74, 6) is -0.903. The Morgan fingerprint density at radius 3 is 2.76 bits per heavy atom. The molecule has 2 rings (SSSR count). The first-order valence-corrected chi connectivity index (χ1v) is 6.56. The molecule has 110 valence electrons. The van der Waals surface area contributed by atoms with Crippen LogP contribution in [0, 0.1) is 5.82 Å². The van der Waals surface area contributed by atoms with Gasteiger partial charge in [-0.2, -0.15) is 0 Å². The fourth-order valence-electron chi connectivity index (χ4n) is 2.40. The van der Waals surface area contributed by atoms with Crippen molar-refractivity contribution in [2.45, 2.75) is 11.8 Å². The van der Waals surface area contributed by atoms with Gasteiger partial charge in [0, 0.05) is 18.9 Å². The third-order valence-electron chi connectivity index (χ3n) is 3.53. The number of nitrogens with two attached hydrogens (primary N) is 1. The van der Waals surface area contributed by atoms with Gasteiger partial charge in [-0.1, -0.05) is 18.2 Å². The molecule has 0 radical (unpaired) electrons. The van der Waals surface area contributed by atoms with Crippen molar-refractivity contribution in [1.82, 2.24) is 4.98 Å². The van der Waals surface area contributed by atoms with Crippen LogP contribution in [-0.4, -0.2) is 24.6 Å². The Balaban J connectivity index is 2.50. The van der Waals surface area contributed by atoms with E-state index < -0.39 is 17.2 Å². The van der Waals surface area contributed by atoms with E-state index in [1.165, 1.54) is 19.2 Å². The van der Waals surface area contributed by atoms with Gasteiger partial charge in [0.15, 0.2) is 0 Å². The van der Waals surface area contributed by atoms with E-state index in [4.69, 9.17) is 10.5 Å². The molecule has 1 aromatic carbocycles. The van der Waals surface area contributed by atoms with Crippen LogP contribution in [0.15, 0.2) is 48.8 Å². The molecule has 1 heterocycles. The van der Waals surface area contributed by atoms with E-state index in [0.717, 1.165) is 5.56 Å². The van der Waals surface area contributed by atoms with E-state index in [0.29, 0.717) is 12.0 Å². The SMILES string of the molecule is COC(=O)C(CN)(Cc1cccnc1)c1cccc(F)c1. The summed E-state index contributed by atoms with van der Waals surface area (Å²) in [5, 5.41) is 0. The molecular formula is C16H17FN2O2. The Hall–Kier alpha value is -2.27. The quantitative estimate of drug-likeness (QED) is 0.853. The van der Waals surface area contributed by atoms with E-state index in [1.807, 2.05) is 6.07 Å². The number of ether oxygens (including phenoxy) is 1. The van der Waals surface area contributed by atoms with E-state index in [-0.39, 0.29) is 6.54 Å². The molecule has 2 N–H and O–H groups in total. The molecule has 5 heteroatoms. The largest absolute Gasteiger partial charge is 0.468 e. The van der Waals surface area contributed by atoms with Crippen molar-refractivity contribution in [1.29, 1.82) is 0 Å². The molecule has 0 saturated carbocycles. The summed E-state index contributed by atoms with van der Waals surface area (Å²) in [5.41, 5.74) is 6.08. The maximum Gasteiger partial charge on any atom is 0.317 e. The summed E-state index contributed by atoms with van der Waals surface area (Å²) in [7, 11) is 1.30. The Morgan fingerprint density at radius 1 is 1.38 bits per heavy atom. The molecule has 0 spiro atoms. The number of hydrogen-bond donors (Lipinski definition) is 1. The van der Waals surface area contributed by atoms with Crippen LogP contribution >= 0.6 is 0 Å². The van der Waals surface area contributed by atoms with Gasteiger partial charge >= 0.3 is 5.97 Å². The Labute approximate surface area is 122 Å². The normalized spacial score (nSPS) is 13.5. The number of carbonyl (C=O) groups excluding carboxylic acids is 1. The number of pyridine rings is 1. The van der Waals surface area contributed by atoms with Crippen LogP contribution in [0.3, 0.4) is 0 Å². The maximum atomic E-state index is 13.5. The monoisotopic (exact) mass is 288 g/mol. The lowest BCUT2D eigenvalue weighted by Gasteiger charge is -2.30.